The van der Waals surface area contributed by atoms with Crippen LogP contribution in [-0.2, 0) is 9.47 Å². The van der Waals surface area contributed by atoms with E-state index >= 15 is 0 Å². The van der Waals surface area contributed by atoms with Crippen LogP contribution < -0.4 is 4.90 Å². The Morgan fingerprint density at radius 1 is 1.00 bits per heavy atom. The highest BCUT2D eigenvalue weighted by molar-refractivity contribution is 6.04. The molecule has 2 heterocycles. The van der Waals surface area contributed by atoms with Crippen LogP contribution in [0.3, 0.4) is 0 Å². The van der Waals surface area contributed by atoms with Crippen LogP contribution in [0.25, 0.3) is 27.5 Å². The van der Waals surface area contributed by atoms with E-state index in [-0.39, 0.29) is 5.97 Å². The topological polar surface area (TPSA) is 56.6 Å². The number of morpholine rings is 1. The molecule has 5 rings (SSSR count). The maximum atomic E-state index is 12.6. The lowest BCUT2D eigenvalue weighted by Crippen LogP contribution is -2.36. The normalized spacial score (nSPS) is 14.4. The van der Waals surface area contributed by atoms with Crippen molar-refractivity contribution in [2.75, 3.05) is 38.3 Å². The van der Waals surface area contributed by atoms with Crippen molar-refractivity contribution in [3.05, 3.63) is 66.0 Å². The number of anilines is 1. The van der Waals surface area contributed by atoms with Gasteiger partial charge in [-0.25, -0.2) is 9.78 Å². The van der Waals surface area contributed by atoms with Gasteiger partial charge in [-0.05, 0) is 42.0 Å². The van der Waals surface area contributed by atoms with Gasteiger partial charge in [-0.15, -0.1) is 0 Å². The number of carbonyl (C=O) groups is 1. The molecule has 0 aliphatic carbocycles. The van der Waals surface area contributed by atoms with Crippen LogP contribution in [0.1, 0.15) is 16.2 Å². The number of rotatable bonds is 3. The summed E-state index contributed by atoms with van der Waals surface area (Å²) in [7, 11) is 1.41. The van der Waals surface area contributed by atoms with Gasteiger partial charge in [0.2, 0.25) is 0 Å². The summed E-state index contributed by atoms with van der Waals surface area (Å²) < 4.78 is 12.7. The van der Waals surface area contributed by atoms with Crippen LogP contribution in [0.15, 0.2) is 54.6 Å². The Balaban J connectivity index is 1.74. The molecule has 0 spiro atoms. The molecule has 0 bridgehead atoms. The van der Waals surface area contributed by atoms with Gasteiger partial charge in [0, 0.05) is 24.5 Å². The number of methoxy groups -OCH3 is 1. The minimum atomic E-state index is -0.377. The molecule has 152 valence electrons. The average molecular weight is 401 g/mol. The van der Waals surface area contributed by atoms with E-state index in [9.17, 15) is 4.79 Å². The summed E-state index contributed by atoms with van der Waals surface area (Å²) in [5, 5.41) is 2.35. The second kappa shape index (κ2) is 7.46. The number of imidazole rings is 1. The lowest BCUT2D eigenvalue weighted by atomic mass is 10.1. The highest BCUT2D eigenvalue weighted by atomic mass is 16.5. The van der Waals surface area contributed by atoms with Crippen molar-refractivity contribution < 1.29 is 14.3 Å². The van der Waals surface area contributed by atoms with Gasteiger partial charge in [-0.2, -0.15) is 0 Å². The van der Waals surface area contributed by atoms with Gasteiger partial charge in [-0.3, -0.25) is 4.57 Å². The van der Waals surface area contributed by atoms with E-state index in [1.54, 1.807) is 0 Å². The minimum absolute atomic E-state index is 0.377. The molecule has 0 unspecified atom stereocenters. The monoisotopic (exact) mass is 401 g/mol. The van der Waals surface area contributed by atoms with Crippen molar-refractivity contribution in [2.24, 2.45) is 0 Å². The number of hydrogen-bond acceptors (Lipinski definition) is 5. The first-order valence-electron chi connectivity index (χ1n) is 10.1. The van der Waals surface area contributed by atoms with Crippen LogP contribution in [0, 0.1) is 6.92 Å². The number of carbonyl (C=O) groups excluding carboxylic acids is 1. The van der Waals surface area contributed by atoms with Gasteiger partial charge < -0.3 is 14.4 Å². The fourth-order valence-electron chi connectivity index (χ4n) is 4.19. The molecule has 0 saturated carbocycles. The first-order chi connectivity index (χ1) is 14.7. The largest absolute Gasteiger partial charge is 0.465 e. The van der Waals surface area contributed by atoms with E-state index in [4.69, 9.17) is 14.5 Å². The van der Waals surface area contributed by atoms with Gasteiger partial charge in [0.1, 0.15) is 11.3 Å². The predicted molar refractivity (Wildman–Crippen MR) is 118 cm³/mol. The smallest absolute Gasteiger partial charge is 0.340 e. The summed E-state index contributed by atoms with van der Waals surface area (Å²) in [5.74, 6) is 0.447. The first kappa shape index (κ1) is 18.6. The number of benzene rings is 3. The fourth-order valence-corrected chi connectivity index (χ4v) is 4.19. The molecule has 0 N–H and O–H groups in total. The summed E-state index contributed by atoms with van der Waals surface area (Å²) in [6, 6.07) is 18.6. The SMILES string of the molecule is COC(=O)c1cc(N2CCOCC2)cc2c1nc(C)n2-c1ccc2ccccc2c1. The Kier molecular flexibility index (Phi) is 4.64. The lowest BCUT2D eigenvalue weighted by molar-refractivity contribution is 0.0603. The number of fused-ring (bicyclic) bond motifs is 2. The number of nitrogens with zero attached hydrogens (tertiary/aromatic N) is 3. The van der Waals surface area contributed by atoms with E-state index in [1.807, 2.05) is 25.1 Å². The van der Waals surface area contributed by atoms with E-state index in [0.717, 1.165) is 41.2 Å². The first-order valence-corrected chi connectivity index (χ1v) is 10.1. The standard InChI is InChI=1S/C24H23N3O3/c1-16-25-23-21(24(28)29-2)14-20(26-9-11-30-12-10-26)15-22(23)27(16)19-8-7-17-5-3-4-6-18(17)13-19/h3-8,13-15H,9-12H2,1-2H3. The lowest BCUT2D eigenvalue weighted by Gasteiger charge is -2.29. The van der Waals surface area contributed by atoms with Crippen LogP contribution >= 0.6 is 0 Å². The van der Waals surface area contributed by atoms with Crippen LogP contribution in [0.5, 0.6) is 0 Å². The number of esters is 1. The van der Waals surface area contributed by atoms with E-state index in [1.165, 1.54) is 12.5 Å². The Morgan fingerprint density at radius 2 is 1.77 bits per heavy atom. The van der Waals surface area contributed by atoms with Gasteiger partial charge in [0.15, 0.2) is 0 Å². The predicted octanol–water partition coefficient (Wildman–Crippen LogP) is 4.11. The molecule has 1 aliphatic rings. The molecule has 4 aromatic rings. The molecule has 6 heteroatoms. The van der Waals surface area contributed by atoms with Crippen molar-refractivity contribution in [1.82, 2.24) is 9.55 Å². The summed E-state index contributed by atoms with van der Waals surface area (Å²) in [6.45, 7) is 4.89. The maximum Gasteiger partial charge on any atom is 0.340 e. The van der Waals surface area contributed by atoms with Crippen LogP contribution in [0.4, 0.5) is 5.69 Å². The number of aromatic nitrogens is 2. The zero-order valence-corrected chi connectivity index (χ0v) is 17.1. The van der Waals surface area contributed by atoms with Crippen molar-refractivity contribution in [2.45, 2.75) is 6.92 Å². The minimum Gasteiger partial charge on any atom is -0.465 e. The van der Waals surface area contributed by atoms with Gasteiger partial charge >= 0.3 is 5.97 Å². The van der Waals surface area contributed by atoms with Gasteiger partial charge in [0.05, 0.1) is 31.4 Å². The van der Waals surface area contributed by atoms with Crippen molar-refractivity contribution in [1.29, 1.82) is 0 Å². The molecule has 30 heavy (non-hydrogen) atoms. The zero-order chi connectivity index (χ0) is 20.7. The Morgan fingerprint density at radius 3 is 2.53 bits per heavy atom. The zero-order valence-electron chi connectivity index (χ0n) is 17.1. The van der Waals surface area contributed by atoms with E-state index in [0.29, 0.717) is 24.3 Å². The molecule has 1 saturated heterocycles. The third-order valence-corrected chi connectivity index (χ3v) is 5.69. The van der Waals surface area contributed by atoms with Gasteiger partial charge in [0.25, 0.3) is 0 Å². The third kappa shape index (κ3) is 3.09. The second-order valence-electron chi connectivity index (χ2n) is 7.48. The highest BCUT2D eigenvalue weighted by Crippen LogP contribution is 2.31. The summed E-state index contributed by atoms with van der Waals surface area (Å²) in [4.78, 5) is 19.6. The fraction of sp³-hybridized carbons (Fsp3) is 0.250. The molecule has 3 aromatic carbocycles. The average Bonchev–Trinajstić information content (AvgIpc) is 3.13. The second-order valence-corrected chi connectivity index (χ2v) is 7.48. The van der Waals surface area contributed by atoms with Crippen molar-refractivity contribution in [3.63, 3.8) is 0 Å². The Bertz CT molecular complexity index is 1260. The van der Waals surface area contributed by atoms with E-state index in [2.05, 4.69) is 45.9 Å². The molecule has 1 aromatic heterocycles. The highest BCUT2D eigenvalue weighted by Gasteiger charge is 2.22. The maximum absolute atomic E-state index is 12.6. The Hall–Kier alpha value is -3.38. The molecule has 1 aliphatic heterocycles. The van der Waals surface area contributed by atoms with Crippen molar-refractivity contribution >= 4 is 33.5 Å². The van der Waals surface area contributed by atoms with Gasteiger partial charge in [-0.1, -0.05) is 30.3 Å². The third-order valence-electron chi connectivity index (χ3n) is 5.69. The Labute approximate surface area is 174 Å². The molecule has 0 atom stereocenters. The quantitative estimate of drug-likeness (QED) is 0.484. The number of ether oxygens (including phenoxy) is 2. The van der Waals surface area contributed by atoms with Crippen molar-refractivity contribution in [3.8, 4) is 5.69 Å². The van der Waals surface area contributed by atoms with E-state index < -0.39 is 0 Å². The summed E-state index contributed by atoms with van der Waals surface area (Å²) in [6.07, 6.45) is 0. The molecule has 0 radical (unpaired) electrons. The number of hydrogen-bond donors (Lipinski definition) is 0. The molecule has 0 amide bonds. The summed E-state index contributed by atoms with van der Waals surface area (Å²) >= 11 is 0. The summed E-state index contributed by atoms with van der Waals surface area (Å²) in [5.41, 5.74) is 4.03. The van der Waals surface area contributed by atoms with Crippen LogP contribution in [-0.4, -0.2) is 48.9 Å². The molecular formula is C24H23N3O3. The molecule has 6 nitrogen and oxygen atoms in total. The number of aryl methyl sites for hydroxylation is 1. The van der Waals surface area contributed by atoms with Crippen LogP contribution in [0.2, 0.25) is 0 Å². The molecule has 1 fully saturated rings. The molecular weight excluding hydrogens is 378 g/mol.